The van der Waals surface area contributed by atoms with Gasteiger partial charge in [0.1, 0.15) is 0 Å². The summed E-state index contributed by atoms with van der Waals surface area (Å²) in [6.45, 7) is 2.13. The van der Waals surface area contributed by atoms with Crippen LogP contribution in [0.5, 0.6) is 0 Å². The van der Waals surface area contributed by atoms with Crippen molar-refractivity contribution in [3.05, 3.63) is 40.8 Å². The maximum absolute atomic E-state index is 5.90. The van der Waals surface area contributed by atoms with Crippen molar-refractivity contribution in [1.29, 1.82) is 0 Å². The lowest BCUT2D eigenvalue weighted by atomic mass is 10.0. The van der Waals surface area contributed by atoms with Gasteiger partial charge in [-0.05, 0) is 55.4 Å². The Morgan fingerprint density at radius 2 is 2.17 bits per heavy atom. The Bertz CT molecular complexity index is 287. The molecule has 63 valence electrons. The van der Waals surface area contributed by atoms with Crippen molar-refractivity contribution in [1.82, 2.24) is 0 Å². The van der Waals surface area contributed by atoms with E-state index in [1.54, 1.807) is 0 Å². The van der Waals surface area contributed by atoms with E-state index >= 15 is 0 Å². The minimum Gasteiger partial charge on any atom is -0.0843 e. The number of hydrogen-bond donors (Lipinski definition) is 0. The fourth-order valence-electron chi connectivity index (χ4n) is 1.31. The van der Waals surface area contributed by atoms with E-state index in [1.165, 1.54) is 24.0 Å². The summed E-state index contributed by atoms with van der Waals surface area (Å²) >= 11 is 5.90. The van der Waals surface area contributed by atoms with Gasteiger partial charge in [0.25, 0.3) is 0 Å². The molecule has 1 saturated carbocycles. The summed E-state index contributed by atoms with van der Waals surface area (Å²) in [5, 5.41) is 0.840. The summed E-state index contributed by atoms with van der Waals surface area (Å²) in [6.07, 6.45) is 5.04. The zero-order valence-corrected chi connectivity index (χ0v) is 7.93. The predicted molar refractivity (Wildman–Crippen MR) is 52.3 cm³/mol. The van der Waals surface area contributed by atoms with Gasteiger partial charge in [-0.3, -0.25) is 0 Å². The second-order valence-electron chi connectivity index (χ2n) is 3.51. The molecule has 1 aromatic rings. The average molecular weight is 180 g/mol. The standard InChI is InChI=1S/C11H12Cl/c1-8-2-5-11(12)7-10(8)6-9-3-4-9/h2,5-7,9H,3-4H2,1H3. The highest BCUT2D eigenvalue weighted by Gasteiger charge is 2.22. The molecule has 0 N–H and O–H groups in total. The summed E-state index contributed by atoms with van der Waals surface area (Å²) in [4.78, 5) is 0. The van der Waals surface area contributed by atoms with Crippen molar-refractivity contribution in [2.45, 2.75) is 19.8 Å². The average Bonchev–Trinajstić information content (AvgIpc) is 2.81. The highest BCUT2D eigenvalue weighted by Crippen LogP contribution is 2.35. The van der Waals surface area contributed by atoms with E-state index in [0.717, 1.165) is 10.9 Å². The first-order valence-corrected chi connectivity index (χ1v) is 4.74. The van der Waals surface area contributed by atoms with Crippen LogP contribution in [-0.2, 0) is 0 Å². The molecule has 0 aliphatic heterocycles. The van der Waals surface area contributed by atoms with E-state index in [0.29, 0.717) is 0 Å². The van der Waals surface area contributed by atoms with Crippen LogP contribution in [0.2, 0.25) is 5.02 Å². The fraction of sp³-hybridized carbons (Fsp3) is 0.364. The molecule has 1 heteroatoms. The SMILES string of the molecule is Cc1ccc(Cl)cc1[CH]C1CC1. The molecule has 0 saturated heterocycles. The fourth-order valence-corrected chi connectivity index (χ4v) is 1.49. The molecule has 1 aliphatic rings. The second-order valence-corrected chi connectivity index (χ2v) is 3.94. The zero-order valence-electron chi connectivity index (χ0n) is 7.18. The predicted octanol–water partition coefficient (Wildman–Crippen LogP) is 3.61. The van der Waals surface area contributed by atoms with Crippen molar-refractivity contribution in [2.24, 2.45) is 5.92 Å². The summed E-state index contributed by atoms with van der Waals surface area (Å²) in [7, 11) is 0. The van der Waals surface area contributed by atoms with Gasteiger partial charge >= 0.3 is 0 Å². The number of rotatable bonds is 2. The van der Waals surface area contributed by atoms with Gasteiger partial charge in [-0.1, -0.05) is 17.7 Å². The maximum Gasteiger partial charge on any atom is 0.0409 e. The number of aryl methyl sites for hydroxylation is 1. The van der Waals surface area contributed by atoms with Crippen LogP contribution in [0.15, 0.2) is 18.2 Å². The Hall–Kier alpha value is -0.490. The molecule has 0 unspecified atom stereocenters. The lowest BCUT2D eigenvalue weighted by Gasteiger charge is -2.03. The molecule has 0 heterocycles. The monoisotopic (exact) mass is 179 g/mol. The lowest BCUT2D eigenvalue weighted by Crippen LogP contribution is -1.87. The molecular weight excluding hydrogens is 168 g/mol. The molecule has 1 radical (unpaired) electrons. The highest BCUT2D eigenvalue weighted by molar-refractivity contribution is 6.30. The first-order valence-electron chi connectivity index (χ1n) is 4.37. The van der Waals surface area contributed by atoms with E-state index in [4.69, 9.17) is 11.6 Å². The van der Waals surface area contributed by atoms with E-state index in [1.807, 2.05) is 6.07 Å². The van der Waals surface area contributed by atoms with Crippen LogP contribution in [0.25, 0.3) is 0 Å². The summed E-state index contributed by atoms with van der Waals surface area (Å²) in [5.74, 6) is 0.821. The van der Waals surface area contributed by atoms with Gasteiger partial charge in [0.05, 0.1) is 0 Å². The smallest absolute Gasteiger partial charge is 0.0409 e. The Morgan fingerprint density at radius 3 is 2.83 bits per heavy atom. The van der Waals surface area contributed by atoms with Crippen LogP contribution in [0.3, 0.4) is 0 Å². The van der Waals surface area contributed by atoms with E-state index < -0.39 is 0 Å². The van der Waals surface area contributed by atoms with Crippen molar-refractivity contribution >= 4 is 11.6 Å². The Labute approximate surface area is 78.6 Å². The second kappa shape index (κ2) is 3.10. The molecule has 1 fully saturated rings. The van der Waals surface area contributed by atoms with Crippen LogP contribution in [0, 0.1) is 19.3 Å². The van der Waals surface area contributed by atoms with Gasteiger partial charge in [-0.2, -0.15) is 0 Å². The third-order valence-electron chi connectivity index (χ3n) is 2.28. The third-order valence-corrected chi connectivity index (χ3v) is 2.51. The normalized spacial score (nSPS) is 16.5. The van der Waals surface area contributed by atoms with Crippen molar-refractivity contribution in [2.75, 3.05) is 0 Å². The molecule has 0 nitrogen and oxygen atoms in total. The first-order chi connectivity index (χ1) is 5.75. The van der Waals surface area contributed by atoms with Gasteiger partial charge in [0.2, 0.25) is 0 Å². The summed E-state index contributed by atoms with van der Waals surface area (Å²) < 4.78 is 0. The molecule has 0 bridgehead atoms. The van der Waals surface area contributed by atoms with Gasteiger partial charge < -0.3 is 0 Å². The highest BCUT2D eigenvalue weighted by atomic mass is 35.5. The topological polar surface area (TPSA) is 0 Å². The minimum atomic E-state index is 0.821. The Morgan fingerprint density at radius 1 is 1.42 bits per heavy atom. The van der Waals surface area contributed by atoms with E-state index in [-0.39, 0.29) is 0 Å². The lowest BCUT2D eigenvalue weighted by molar-refractivity contribution is 1.02. The Kier molecular flexibility index (Phi) is 2.10. The van der Waals surface area contributed by atoms with Crippen LogP contribution < -0.4 is 0 Å². The molecule has 0 aromatic heterocycles. The number of halogens is 1. The van der Waals surface area contributed by atoms with Crippen molar-refractivity contribution in [3.63, 3.8) is 0 Å². The summed E-state index contributed by atoms with van der Waals surface area (Å²) in [6, 6.07) is 6.08. The molecule has 2 rings (SSSR count). The van der Waals surface area contributed by atoms with Crippen LogP contribution >= 0.6 is 11.6 Å². The maximum atomic E-state index is 5.90. The van der Waals surface area contributed by atoms with Gasteiger partial charge in [-0.25, -0.2) is 0 Å². The van der Waals surface area contributed by atoms with Gasteiger partial charge in [0.15, 0.2) is 0 Å². The zero-order chi connectivity index (χ0) is 8.55. The number of benzene rings is 1. The molecular formula is C11H12Cl. The quantitative estimate of drug-likeness (QED) is 0.651. The van der Waals surface area contributed by atoms with E-state index in [2.05, 4.69) is 25.5 Å². The first kappa shape index (κ1) is 8.12. The number of hydrogen-bond acceptors (Lipinski definition) is 0. The van der Waals surface area contributed by atoms with Crippen LogP contribution in [0.4, 0.5) is 0 Å². The minimum absolute atomic E-state index is 0.821. The molecule has 0 atom stereocenters. The molecule has 0 spiro atoms. The molecule has 0 amide bonds. The van der Waals surface area contributed by atoms with Crippen LogP contribution in [-0.4, -0.2) is 0 Å². The van der Waals surface area contributed by atoms with Crippen molar-refractivity contribution < 1.29 is 0 Å². The molecule has 1 aromatic carbocycles. The van der Waals surface area contributed by atoms with Gasteiger partial charge in [-0.15, -0.1) is 0 Å². The molecule has 12 heavy (non-hydrogen) atoms. The van der Waals surface area contributed by atoms with Crippen molar-refractivity contribution in [3.8, 4) is 0 Å². The van der Waals surface area contributed by atoms with Gasteiger partial charge in [0, 0.05) is 5.02 Å². The molecule has 1 aliphatic carbocycles. The Balaban J connectivity index is 2.21. The van der Waals surface area contributed by atoms with Crippen LogP contribution in [0.1, 0.15) is 24.0 Å². The van der Waals surface area contributed by atoms with E-state index in [9.17, 15) is 0 Å². The third kappa shape index (κ3) is 1.81. The largest absolute Gasteiger partial charge is 0.0843 e. The summed E-state index contributed by atoms with van der Waals surface area (Å²) in [5.41, 5.74) is 2.64.